The maximum absolute atomic E-state index is 6.31. The molecule has 0 aliphatic carbocycles. The van der Waals surface area contributed by atoms with Crippen LogP contribution in [0, 0.1) is 6.92 Å². The first kappa shape index (κ1) is 11.8. The summed E-state index contributed by atoms with van der Waals surface area (Å²) in [5.74, 6) is 0.736. The molecule has 0 saturated heterocycles. The van der Waals surface area contributed by atoms with Crippen LogP contribution >= 0.6 is 34.8 Å². The summed E-state index contributed by atoms with van der Waals surface area (Å²) < 4.78 is 5.34. The molecule has 84 valence electrons. The van der Waals surface area contributed by atoms with Gasteiger partial charge in [-0.1, -0.05) is 29.3 Å². The van der Waals surface area contributed by atoms with Gasteiger partial charge in [0.1, 0.15) is 11.1 Å². The molecule has 0 radical (unpaired) electrons. The van der Waals surface area contributed by atoms with E-state index in [2.05, 4.69) is 0 Å². The predicted molar refractivity (Wildman–Crippen MR) is 67.6 cm³/mol. The Kier molecular flexibility index (Phi) is 3.48. The number of furan rings is 1. The van der Waals surface area contributed by atoms with E-state index in [1.807, 2.05) is 19.1 Å². The first-order valence-electron chi connectivity index (χ1n) is 4.72. The van der Waals surface area contributed by atoms with E-state index in [9.17, 15) is 0 Å². The molecule has 1 aromatic carbocycles. The molecule has 2 aromatic rings. The molecule has 1 atom stereocenters. The van der Waals surface area contributed by atoms with Crippen LogP contribution in [-0.4, -0.2) is 0 Å². The topological polar surface area (TPSA) is 13.1 Å². The number of aryl methyl sites for hydroxylation is 1. The fourth-order valence-electron chi connectivity index (χ4n) is 1.47. The van der Waals surface area contributed by atoms with Crippen LogP contribution in [0.4, 0.5) is 0 Å². The Hall–Kier alpha value is -0.630. The highest BCUT2D eigenvalue weighted by molar-refractivity contribution is 6.42. The summed E-state index contributed by atoms with van der Waals surface area (Å²) in [6.45, 7) is 1.95. The Morgan fingerprint density at radius 3 is 2.44 bits per heavy atom. The van der Waals surface area contributed by atoms with Gasteiger partial charge in [0.2, 0.25) is 0 Å². The lowest BCUT2D eigenvalue weighted by molar-refractivity contribution is 0.513. The van der Waals surface area contributed by atoms with Gasteiger partial charge in [-0.3, -0.25) is 0 Å². The Labute approximate surface area is 109 Å². The van der Waals surface area contributed by atoms with Crippen molar-refractivity contribution in [2.75, 3.05) is 0 Å². The summed E-state index contributed by atoms with van der Waals surface area (Å²) in [7, 11) is 0. The quantitative estimate of drug-likeness (QED) is 0.685. The van der Waals surface area contributed by atoms with Crippen LogP contribution in [0.15, 0.2) is 34.9 Å². The van der Waals surface area contributed by atoms with E-state index >= 15 is 0 Å². The molecule has 0 aliphatic heterocycles. The molecule has 16 heavy (non-hydrogen) atoms. The summed E-state index contributed by atoms with van der Waals surface area (Å²) in [6.07, 6.45) is 1.62. The van der Waals surface area contributed by atoms with Crippen molar-refractivity contribution in [3.63, 3.8) is 0 Å². The van der Waals surface area contributed by atoms with Crippen molar-refractivity contribution in [3.05, 3.63) is 57.5 Å². The molecule has 4 heteroatoms. The molecule has 1 heterocycles. The maximum Gasteiger partial charge on any atom is 0.128 e. The summed E-state index contributed by atoms with van der Waals surface area (Å²) >= 11 is 18.1. The zero-order valence-corrected chi connectivity index (χ0v) is 10.8. The molecule has 1 nitrogen and oxygen atoms in total. The third kappa shape index (κ3) is 2.22. The van der Waals surface area contributed by atoms with Gasteiger partial charge in [-0.05, 0) is 36.2 Å². The van der Waals surface area contributed by atoms with Crippen LogP contribution in [0.2, 0.25) is 10.0 Å². The zero-order valence-electron chi connectivity index (χ0n) is 8.51. The fraction of sp³-hybridized carbons (Fsp3) is 0.167. The van der Waals surface area contributed by atoms with Crippen LogP contribution in [0.1, 0.15) is 22.3 Å². The van der Waals surface area contributed by atoms with Gasteiger partial charge in [0.25, 0.3) is 0 Å². The van der Waals surface area contributed by atoms with Gasteiger partial charge in [-0.2, -0.15) is 0 Å². The van der Waals surface area contributed by atoms with Gasteiger partial charge in [0, 0.05) is 0 Å². The molecule has 0 aliphatic rings. The first-order valence-corrected chi connectivity index (χ1v) is 5.92. The van der Waals surface area contributed by atoms with Gasteiger partial charge in [-0.15, -0.1) is 11.6 Å². The van der Waals surface area contributed by atoms with Gasteiger partial charge in [0.15, 0.2) is 0 Å². The van der Waals surface area contributed by atoms with Crippen LogP contribution in [0.25, 0.3) is 0 Å². The lowest BCUT2D eigenvalue weighted by atomic mass is 10.1. The van der Waals surface area contributed by atoms with Crippen LogP contribution < -0.4 is 0 Å². The van der Waals surface area contributed by atoms with E-state index in [0.717, 1.165) is 16.9 Å². The maximum atomic E-state index is 6.31. The lowest BCUT2D eigenvalue weighted by Gasteiger charge is -2.09. The van der Waals surface area contributed by atoms with Crippen molar-refractivity contribution < 1.29 is 4.42 Å². The Morgan fingerprint density at radius 2 is 1.88 bits per heavy atom. The van der Waals surface area contributed by atoms with E-state index in [0.29, 0.717) is 10.0 Å². The molecule has 0 bridgehead atoms. The average molecular weight is 276 g/mol. The number of hydrogen-bond acceptors (Lipinski definition) is 1. The van der Waals surface area contributed by atoms with Crippen molar-refractivity contribution in [2.24, 2.45) is 0 Å². The van der Waals surface area contributed by atoms with Crippen molar-refractivity contribution in [3.8, 4) is 0 Å². The summed E-state index contributed by atoms with van der Waals surface area (Å²) in [4.78, 5) is 0. The highest BCUT2D eigenvalue weighted by Gasteiger charge is 2.17. The van der Waals surface area contributed by atoms with Gasteiger partial charge < -0.3 is 4.42 Å². The molecule has 0 amide bonds. The van der Waals surface area contributed by atoms with E-state index in [1.54, 1.807) is 18.4 Å². The lowest BCUT2D eigenvalue weighted by Crippen LogP contribution is -1.93. The number of benzene rings is 1. The van der Waals surface area contributed by atoms with Crippen LogP contribution in [0.3, 0.4) is 0 Å². The standard InChI is InChI=1S/C12H9Cl3O/c1-7-4-5-16-12(7)11(15)8-2-3-9(13)10(14)6-8/h2-6,11H,1H3. The Bertz CT molecular complexity index is 505. The number of halogens is 3. The molecule has 0 saturated carbocycles. The minimum atomic E-state index is -0.343. The second-order valence-corrected chi connectivity index (χ2v) is 4.75. The normalized spacial score (nSPS) is 12.8. The van der Waals surface area contributed by atoms with Crippen molar-refractivity contribution in [1.82, 2.24) is 0 Å². The third-order valence-corrected chi connectivity index (χ3v) is 3.56. The fourth-order valence-corrected chi connectivity index (χ4v) is 2.13. The highest BCUT2D eigenvalue weighted by atomic mass is 35.5. The molecule has 0 N–H and O–H groups in total. The Morgan fingerprint density at radius 1 is 1.12 bits per heavy atom. The number of rotatable bonds is 2. The summed E-state index contributed by atoms with van der Waals surface area (Å²) in [6, 6.07) is 7.20. The van der Waals surface area contributed by atoms with Gasteiger partial charge in [0.05, 0.1) is 16.3 Å². The molecule has 1 unspecified atom stereocenters. The molecule has 2 rings (SSSR count). The minimum absolute atomic E-state index is 0.343. The van der Waals surface area contributed by atoms with E-state index in [4.69, 9.17) is 39.2 Å². The average Bonchev–Trinajstić information content (AvgIpc) is 2.67. The number of hydrogen-bond donors (Lipinski definition) is 0. The van der Waals surface area contributed by atoms with E-state index in [-0.39, 0.29) is 5.38 Å². The highest BCUT2D eigenvalue weighted by Crippen LogP contribution is 2.34. The van der Waals surface area contributed by atoms with Crippen molar-refractivity contribution >= 4 is 34.8 Å². The summed E-state index contributed by atoms with van der Waals surface area (Å²) in [5, 5.41) is 0.671. The number of alkyl halides is 1. The molecule has 0 fully saturated rings. The van der Waals surface area contributed by atoms with E-state index < -0.39 is 0 Å². The largest absolute Gasteiger partial charge is 0.467 e. The molecular weight excluding hydrogens is 266 g/mol. The van der Waals surface area contributed by atoms with Crippen LogP contribution in [0.5, 0.6) is 0 Å². The second kappa shape index (κ2) is 4.70. The zero-order chi connectivity index (χ0) is 11.7. The van der Waals surface area contributed by atoms with Crippen molar-refractivity contribution in [1.29, 1.82) is 0 Å². The SMILES string of the molecule is Cc1ccoc1C(Cl)c1ccc(Cl)c(Cl)c1. The van der Waals surface area contributed by atoms with Crippen molar-refractivity contribution in [2.45, 2.75) is 12.3 Å². The first-order chi connectivity index (χ1) is 7.59. The van der Waals surface area contributed by atoms with Crippen LogP contribution in [-0.2, 0) is 0 Å². The monoisotopic (exact) mass is 274 g/mol. The molecule has 1 aromatic heterocycles. The minimum Gasteiger partial charge on any atom is -0.467 e. The van der Waals surface area contributed by atoms with Gasteiger partial charge >= 0.3 is 0 Å². The third-order valence-electron chi connectivity index (χ3n) is 2.37. The molecular formula is C12H9Cl3O. The molecule has 0 spiro atoms. The van der Waals surface area contributed by atoms with E-state index in [1.165, 1.54) is 0 Å². The smallest absolute Gasteiger partial charge is 0.128 e. The summed E-state index contributed by atoms with van der Waals surface area (Å²) in [5.41, 5.74) is 1.89. The predicted octanol–water partition coefficient (Wildman–Crippen LogP) is 5.22. The van der Waals surface area contributed by atoms with Gasteiger partial charge in [-0.25, -0.2) is 0 Å². The Balaban J connectivity index is 2.38. The second-order valence-electron chi connectivity index (χ2n) is 3.50.